The number of carbonyl (C=O) groups excluding carboxylic acids is 1. The molecule has 19 heavy (non-hydrogen) atoms. The molecule has 0 amide bonds. The standard InChI is InChI=1S/C14H31NO3Si/c1-13(2,3)18-12(16)9-11(15)10-17-19(7,8)14(4,5)6/h11H,9-10,15H2,1-8H3/t11-/m0/s1. The van der Waals surface area contributed by atoms with E-state index in [1.807, 2.05) is 20.8 Å². The predicted molar refractivity (Wildman–Crippen MR) is 81.6 cm³/mol. The fourth-order valence-electron chi connectivity index (χ4n) is 1.19. The van der Waals surface area contributed by atoms with Gasteiger partial charge in [-0.25, -0.2) is 0 Å². The average molecular weight is 289 g/mol. The molecular formula is C14H31NO3Si. The maximum absolute atomic E-state index is 11.6. The number of nitrogens with two attached hydrogens (primary N) is 1. The molecule has 0 saturated heterocycles. The quantitative estimate of drug-likeness (QED) is 0.624. The maximum Gasteiger partial charge on any atom is 0.307 e. The Morgan fingerprint density at radius 1 is 1.16 bits per heavy atom. The fourth-order valence-corrected chi connectivity index (χ4v) is 2.25. The highest BCUT2D eigenvalue weighted by atomic mass is 28.4. The summed E-state index contributed by atoms with van der Waals surface area (Å²) >= 11 is 0. The number of hydrogen-bond donors (Lipinski definition) is 1. The van der Waals surface area contributed by atoms with Crippen molar-refractivity contribution in [2.24, 2.45) is 5.73 Å². The van der Waals surface area contributed by atoms with E-state index in [2.05, 4.69) is 33.9 Å². The number of rotatable bonds is 5. The second-order valence-electron chi connectivity index (χ2n) is 7.62. The van der Waals surface area contributed by atoms with Crippen LogP contribution in [0.3, 0.4) is 0 Å². The number of esters is 1. The Labute approximate surface area is 119 Å². The van der Waals surface area contributed by atoms with Gasteiger partial charge in [0, 0.05) is 12.6 Å². The molecule has 0 unspecified atom stereocenters. The van der Waals surface area contributed by atoms with Crippen LogP contribution in [0.4, 0.5) is 0 Å². The largest absolute Gasteiger partial charge is 0.460 e. The number of ether oxygens (including phenoxy) is 1. The van der Waals surface area contributed by atoms with E-state index in [1.165, 1.54) is 0 Å². The Morgan fingerprint density at radius 3 is 2.00 bits per heavy atom. The van der Waals surface area contributed by atoms with Crippen LogP contribution in [0.1, 0.15) is 48.0 Å². The lowest BCUT2D eigenvalue weighted by atomic mass is 10.2. The first kappa shape index (κ1) is 18.6. The molecule has 1 atom stereocenters. The summed E-state index contributed by atoms with van der Waals surface area (Å²) in [6, 6.07) is -0.302. The first-order valence-electron chi connectivity index (χ1n) is 6.86. The maximum atomic E-state index is 11.6. The molecule has 2 N–H and O–H groups in total. The van der Waals surface area contributed by atoms with Crippen molar-refractivity contribution in [1.82, 2.24) is 0 Å². The molecule has 0 spiro atoms. The van der Waals surface area contributed by atoms with Crippen LogP contribution in [0.5, 0.6) is 0 Å². The van der Waals surface area contributed by atoms with Crippen LogP contribution in [0, 0.1) is 0 Å². The van der Waals surface area contributed by atoms with Gasteiger partial charge in [-0.1, -0.05) is 20.8 Å². The molecule has 0 bridgehead atoms. The monoisotopic (exact) mass is 289 g/mol. The van der Waals surface area contributed by atoms with E-state index in [0.29, 0.717) is 6.61 Å². The van der Waals surface area contributed by atoms with Crippen molar-refractivity contribution >= 4 is 14.3 Å². The molecular weight excluding hydrogens is 258 g/mol. The summed E-state index contributed by atoms with van der Waals surface area (Å²) in [6.07, 6.45) is 0.200. The third-order valence-electron chi connectivity index (χ3n) is 3.31. The second kappa shape index (κ2) is 6.37. The van der Waals surface area contributed by atoms with Gasteiger partial charge in [0.2, 0.25) is 0 Å². The van der Waals surface area contributed by atoms with Gasteiger partial charge in [0.25, 0.3) is 0 Å². The van der Waals surface area contributed by atoms with Crippen molar-refractivity contribution in [2.75, 3.05) is 6.61 Å². The molecule has 0 aromatic heterocycles. The van der Waals surface area contributed by atoms with Gasteiger partial charge in [0.05, 0.1) is 6.42 Å². The molecule has 114 valence electrons. The molecule has 4 nitrogen and oxygen atoms in total. The normalized spacial score (nSPS) is 15.2. The molecule has 0 aliphatic heterocycles. The summed E-state index contributed by atoms with van der Waals surface area (Å²) in [5.74, 6) is -0.265. The minimum Gasteiger partial charge on any atom is -0.460 e. The summed E-state index contributed by atoms with van der Waals surface area (Å²) < 4.78 is 11.2. The van der Waals surface area contributed by atoms with E-state index in [-0.39, 0.29) is 23.5 Å². The summed E-state index contributed by atoms with van der Waals surface area (Å²) in [5.41, 5.74) is 5.48. The molecule has 0 rings (SSSR count). The molecule has 0 fully saturated rings. The van der Waals surface area contributed by atoms with E-state index >= 15 is 0 Å². The third kappa shape index (κ3) is 7.70. The summed E-state index contributed by atoms with van der Waals surface area (Å²) in [4.78, 5) is 11.6. The Hall–Kier alpha value is -0.393. The van der Waals surface area contributed by atoms with Crippen LogP contribution in [0.15, 0.2) is 0 Å². The third-order valence-corrected chi connectivity index (χ3v) is 7.81. The lowest BCUT2D eigenvalue weighted by Crippen LogP contribution is -2.44. The van der Waals surface area contributed by atoms with Crippen molar-refractivity contribution in [3.63, 3.8) is 0 Å². The zero-order chi connectivity index (χ0) is 15.5. The highest BCUT2D eigenvalue weighted by Gasteiger charge is 2.37. The zero-order valence-corrected chi connectivity index (χ0v) is 14.8. The van der Waals surface area contributed by atoms with Crippen LogP contribution in [-0.2, 0) is 14.0 Å². The van der Waals surface area contributed by atoms with E-state index in [4.69, 9.17) is 14.9 Å². The fraction of sp³-hybridized carbons (Fsp3) is 0.929. The molecule has 0 aliphatic rings. The van der Waals surface area contributed by atoms with Crippen molar-refractivity contribution in [2.45, 2.75) is 77.7 Å². The van der Waals surface area contributed by atoms with Gasteiger partial charge in [-0.05, 0) is 38.9 Å². The Morgan fingerprint density at radius 2 is 1.63 bits per heavy atom. The van der Waals surface area contributed by atoms with E-state index in [0.717, 1.165) is 0 Å². The molecule has 0 aromatic carbocycles. The molecule has 0 heterocycles. The van der Waals surface area contributed by atoms with Crippen LogP contribution in [-0.4, -0.2) is 32.5 Å². The van der Waals surface area contributed by atoms with Gasteiger partial charge in [0.15, 0.2) is 8.32 Å². The molecule has 0 saturated carbocycles. The van der Waals surface area contributed by atoms with Crippen LogP contribution >= 0.6 is 0 Å². The Kier molecular flexibility index (Phi) is 6.24. The highest BCUT2D eigenvalue weighted by Crippen LogP contribution is 2.36. The summed E-state index contributed by atoms with van der Waals surface area (Å²) in [7, 11) is -1.80. The Bertz CT molecular complexity index is 303. The van der Waals surface area contributed by atoms with Crippen molar-refractivity contribution in [3.05, 3.63) is 0 Å². The minimum absolute atomic E-state index is 0.151. The lowest BCUT2D eigenvalue weighted by molar-refractivity contribution is -0.155. The van der Waals surface area contributed by atoms with Crippen molar-refractivity contribution < 1.29 is 14.0 Å². The Balaban J connectivity index is 4.20. The van der Waals surface area contributed by atoms with Gasteiger partial charge >= 0.3 is 5.97 Å². The molecule has 5 heteroatoms. The van der Waals surface area contributed by atoms with Gasteiger partial charge in [-0.3, -0.25) is 4.79 Å². The number of hydrogen-bond acceptors (Lipinski definition) is 4. The predicted octanol–water partition coefficient (Wildman–Crippen LogP) is 3.07. The highest BCUT2D eigenvalue weighted by molar-refractivity contribution is 6.74. The smallest absolute Gasteiger partial charge is 0.307 e. The van der Waals surface area contributed by atoms with Crippen LogP contribution < -0.4 is 5.73 Å². The summed E-state index contributed by atoms with van der Waals surface area (Å²) in [6.45, 7) is 16.8. The van der Waals surface area contributed by atoms with Gasteiger partial charge in [0.1, 0.15) is 5.60 Å². The second-order valence-corrected chi connectivity index (χ2v) is 12.4. The topological polar surface area (TPSA) is 61.5 Å². The molecule has 0 aromatic rings. The van der Waals surface area contributed by atoms with Crippen molar-refractivity contribution in [3.8, 4) is 0 Å². The molecule has 0 radical (unpaired) electrons. The molecule has 0 aliphatic carbocycles. The lowest BCUT2D eigenvalue weighted by Gasteiger charge is -2.36. The van der Waals surface area contributed by atoms with Gasteiger partial charge in [-0.2, -0.15) is 0 Å². The van der Waals surface area contributed by atoms with E-state index < -0.39 is 13.9 Å². The van der Waals surface area contributed by atoms with Gasteiger partial charge < -0.3 is 14.9 Å². The minimum atomic E-state index is -1.80. The zero-order valence-electron chi connectivity index (χ0n) is 13.8. The van der Waals surface area contributed by atoms with Crippen LogP contribution in [0.25, 0.3) is 0 Å². The first-order chi connectivity index (χ1) is 8.24. The van der Waals surface area contributed by atoms with E-state index in [9.17, 15) is 4.79 Å². The SMILES string of the molecule is CC(C)(C)OC(=O)C[C@H](N)CO[Si](C)(C)C(C)(C)C. The van der Waals surface area contributed by atoms with E-state index in [1.54, 1.807) is 0 Å². The average Bonchev–Trinajstić information content (AvgIpc) is 2.09. The number of carbonyl (C=O) groups is 1. The first-order valence-corrected chi connectivity index (χ1v) is 9.77. The summed E-state index contributed by atoms with van der Waals surface area (Å²) in [5, 5.41) is 0.151. The van der Waals surface area contributed by atoms with Crippen LogP contribution in [0.2, 0.25) is 18.1 Å². The van der Waals surface area contributed by atoms with Gasteiger partial charge in [-0.15, -0.1) is 0 Å². The van der Waals surface area contributed by atoms with Crippen molar-refractivity contribution in [1.29, 1.82) is 0 Å².